The minimum atomic E-state index is -0.236. The summed E-state index contributed by atoms with van der Waals surface area (Å²) in [6, 6.07) is 16.0. The van der Waals surface area contributed by atoms with Crippen LogP contribution in [0.2, 0.25) is 5.02 Å². The summed E-state index contributed by atoms with van der Waals surface area (Å²) in [6.45, 7) is 3.75. The zero-order valence-corrected chi connectivity index (χ0v) is 21.3. The quantitative estimate of drug-likeness (QED) is 0.444. The van der Waals surface area contributed by atoms with Crippen molar-refractivity contribution in [3.8, 4) is 11.3 Å². The van der Waals surface area contributed by atoms with Crippen LogP contribution in [0.1, 0.15) is 30.9 Å². The van der Waals surface area contributed by atoms with Crippen molar-refractivity contribution < 1.29 is 14.0 Å². The van der Waals surface area contributed by atoms with E-state index in [0.29, 0.717) is 22.0 Å². The molecule has 190 valence electrons. The van der Waals surface area contributed by atoms with E-state index in [-0.39, 0.29) is 29.7 Å². The molecule has 2 atom stereocenters. The van der Waals surface area contributed by atoms with E-state index in [4.69, 9.17) is 11.6 Å². The van der Waals surface area contributed by atoms with Gasteiger partial charge in [-0.05, 0) is 66.4 Å². The molecule has 2 aliphatic heterocycles. The maximum absolute atomic E-state index is 13.3. The van der Waals surface area contributed by atoms with Crippen molar-refractivity contribution >= 4 is 35.2 Å². The van der Waals surface area contributed by atoms with Crippen LogP contribution in [0.25, 0.3) is 17.3 Å². The number of hydrogen-bond donors (Lipinski definition) is 1. The highest BCUT2D eigenvalue weighted by Gasteiger charge is 2.41. The molecule has 5 rings (SSSR count). The maximum atomic E-state index is 13.3. The first kappa shape index (κ1) is 25.1. The monoisotopic (exact) mass is 518 g/mol. The zero-order valence-electron chi connectivity index (χ0n) is 20.5. The van der Waals surface area contributed by atoms with Crippen molar-refractivity contribution in [2.24, 2.45) is 0 Å². The van der Waals surface area contributed by atoms with Crippen molar-refractivity contribution in [1.29, 1.82) is 0 Å². The Bertz CT molecular complexity index is 1320. The van der Waals surface area contributed by atoms with Gasteiger partial charge in [-0.2, -0.15) is 0 Å². The summed E-state index contributed by atoms with van der Waals surface area (Å²) in [5.74, 6) is -0.504. The molecule has 1 N–H and O–H groups in total. The molecule has 0 spiro atoms. The first-order valence-corrected chi connectivity index (χ1v) is 12.7. The van der Waals surface area contributed by atoms with Crippen LogP contribution in [0.4, 0.5) is 10.1 Å². The first-order chi connectivity index (χ1) is 17.9. The summed E-state index contributed by atoms with van der Waals surface area (Å²) in [5.41, 5.74) is 3.71. The standard InChI is InChI=1S/C29H28ClFN4O2/c1-19(36)33-28-15-26(30)25(27-4-2-3-13-32-27)14-21(28)7-12-29(37)35-23-10-11-24(35)18-34(17-23)16-20-5-8-22(31)9-6-20/h2-9,12-15,23-24H,10-11,16-18H2,1H3,(H,33,36)/b12-7+. The third-order valence-corrected chi connectivity index (χ3v) is 7.24. The molecular formula is C29H28ClFN4O2. The number of carbonyl (C=O) groups excluding carboxylic acids is 2. The molecule has 2 unspecified atom stereocenters. The van der Waals surface area contributed by atoms with Gasteiger partial charge in [-0.3, -0.25) is 19.5 Å². The number of nitrogens with one attached hydrogen (secondary N) is 1. The predicted octanol–water partition coefficient (Wildman–Crippen LogP) is 5.39. The van der Waals surface area contributed by atoms with Gasteiger partial charge in [0.15, 0.2) is 0 Å². The van der Waals surface area contributed by atoms with Gasteiger partial charge in [0.25, 0.3) is 0 Å². The van der Waals surface area contributed by atoms with E-state index < -0.39 is 0 Å². The Labute approximate surface area is 220 Å². The van der Waals surface area contributed by atoms with Gasteiger partial charge in [-0.25, -0.2) is 4.39 Å². The molecule has 0 radical (unpaired) electrons. The summed E-state index contributed by atoms with van der Waals surface area (Å²) < 4.78 is 13.3. The molecule has 0 saturated carbocycles. The molecule has 2 amide bonds. The van der Waals surface area contributed by atoms with Crippen LogP contribution in [0.5, 0.6) is 0 Å². The van der Waals surface area contributed by atoms with E-state index in [2.05, 4.69) is 15.2 Å². The Hall–Kier alpha value is -3.55. The number of fused-ring (bicyclic) bond motifs is 2. The third kappa shape index (κ3) is 5.73. The lowest BCUT2D eigenvalue weighted by Gasteiger charge is -2.40. The van der Waals surface area contributed by atoms with Crippen molar-refractivity contribution in [3.05, 3.63) is 88.8 Å². The lowest BCUT2D eigenvalue weighted by atomic mass is 10.0. The Morgan fingerprint density at radius 1 is 1.11 bits per heavy atom. The van der Waals surface area contributed by atoms with E-state index in [1.807, 2.05) is 41.3 Å². The van der Waals surface area contributed by atoms with Crippen LogP contribution >= 0.6 is 11.6 Å². The van der Waals surface area contributed by atoms with E-state index in [1.165, 1.54) is 19.1 Å². The van der Waals surface area contributed by atoms with Gasteiger partial charge >= 0.3 is 0 Å². The average molecular weight is 519 g/mol. The molecule has 3 heterocycles. The molecule has 37 heavy (non-hydrogen) atoms. The number of rotatable bonds is 6. The van der Waals surface area contributed by atoms with Gasteiger partial charge in [0.2, 0.25) is 11.8 Å². The minimum absolute atomic E-state index is 0.0444. The first-order valence-electron chi connectivity index (χ1n) is 12.4. The Morgan fingerprint density at radius 3 is 2.49 bits per heavy atom. The molecule has 3 aromatic rings. The highest BCUT2D eigenvalue weighted by molar-refractivity contribution is 6.33. The van der Waals surface area contributed by atoms with Crippen LogP contribution < -0.4 is 5.32 Å². The van der Waals surface area contributed by atoms with Crippen molar-refractivity contribution in [2.75, 3.05) is 18.4 Å². The molecule has 2 saturated heterocycles. The Morgan fingerprint density at radius 2 is 1.84 bits per heavy atom. The maximum Gasteiger partial charge on any atom is 0.247 e. The van der Waals surface area contributed by atoms with Crippen molar-refractivity contribution in [1.82, 2.24) is 14.8 Å². The molecule has 1 aromatic heterocycles. The lowest BCUT2D eigenvalue weighted by molar-refractivity contribution is -0.131. The van der Waals surface area contributed by atoms with Crippen LogP contribution in [-0.2, 0) is 16.1 Å². The molecule has 2 fully saturated rings. The summed E-state index contributed by atoms with van der Waals surface area (Å²) in [4.78, 5) is 33.9. The fraction of sp³-hybridized carbons (Fsp3) is 0.276. The smallest absolute Gasteiger partial charge is 0.247 e. The zero-order chi connectivity index (χ0) is 25.9. The highest BCUT2D eigenvalue weighted by Crippen LogP contribution is 2.34. The van der Waals surface area contributed by atoms with Crippen LogP contribution in [0, 0.1) is 5.82 Å². The summed E-state index contributed by atoms with van der Waals surface area (Å²) in [5, 5.41) is 3.27. The highest BCUT2D eigenvalue weighted by atomic mass is 35.5. The molecule has 0 aliphatic carbocycles. The number of benzene rings is 2. The summed E-state index contributed by atoms with van der Waals surface area (Å²) in [6.07, 6.45) is 6.94. The molecule has 8 heteroatoms. The van der Waals surface area contributed by atoms with E-state index in [1.54, 1.807) is 24.4 Å². The number of pyridine rings is 1. The molecule has 6 nitrogen and oxygen atoms in total. The second-order valence-electron chi connectivity index (χ2n) is 9.60. The third-order valence-electron chi connectivity index (χ3n) is 6.93. The number of anilines is 1. The van der Waals surface area contributed by atoms with Crippen LogP contribution in [-0.4, -0.2) is 51.8 Å². The van der Waals surface area contributed by atoms with Crippen LogP contribution in [0.15, 0.2) is 66.9 Å². The lowest BCUT2D eigenvalue weighted by Crippen LogP contribution is -2.55. The van der Waals surface area contributed by atoms with Crippen LogP contribution in [0.3, 0.4) is 0 Å². The number of likely N-dealkylation sites (tertiary alicyclic amines) is 1. The summed E-state index contributed by atoms with van der Waals surface area (Å²) >= 11 is 6.52. The van der Waals surface area contributed by atoms with Gasteiger partial charge in [0.1, 0.15) is 5.82 Å². The Kier molecular flexibility index (Phi) is 7.35. The summed E-state index contributed by atoms with van der Waals surface area (Å²) in [7, 11) is 0. The van der Waals surface area contributed by atoms with Gasteiger partial charge in [0.05, 0.1) is 10.7 Å². The van der Waals surface area contributed by atoms with Gasteiger partial charge < -0.3 is 10.2 Å². The SMILES string of the molecule is CC(=O)Nc1cc(Cl)c(-c2ccccn2)cc1/C=C/C(=O)N1C2CCC1CN(Cc1ccc(F)cc1)C2. The number of hydrogen-bond acceptors (Lipinski definition) is 4. The van der Waals surface area contributed by atoms with Gasteiger partial charge in [0, 0.05) is 62.2 Å². The topological polar surface area (TPSA) is 65.5 Å². The Balaban J connectivity index is 1.34. The second kappa shape index (κ2) is 10.8. The minimum Gasteiger partial charge on any atom is -0.331 e. The number of piperazine rings is 1. The fourth-order valence-corrected chi connectivity index (χ4v) is 5.58. The van der Waals surface area contributed by atoms with Gasteiger partial charge in [-0.15, -0.1) is 0 Å². The van der Waals surface area contributed by atoms with Crippen molar-refractivity contribution in [2.45, 2.75) is 38.4 Å². The molecule has 2 aromatic carbocycles. The number of halogens is 2. The molecular weight excluding hydrogens is 491 g/mol. The van der Waals surface area contributed by atoms with Gasteiger partial charge in [-0.1, -0.05) is 29.8 Å². The van der Waals surface area contributed by atoms with E-state index in [9.17, 15) is 14.0 Å². The predicted molar refractivity (Wildman–Crippen MR) is 143 cm³/mol. The number of nitrogens with zero attached hydrogens (tertiary/aromatic N) is 3. The fourth-order valence-electron chi connectivity index (χ4n) is 5.32. The van der Waals surface area contributed by atoms with Crippen molar-refractivity contribution in [3.63, 3.8) is 0 Å². The van der Waals surface area contributed by atoms with E-state index >= 15 is 0 Å². The van der Waals surface area contributed by atoms with E-state index in [0.717, 1.165) is 43.6 Å². The number of carbonyl (C=O) groups is 2. The number of aromatic nitrogens is 1. The average Bonchev–Trinajstić information content (AvgIpc) is 3.15. The largest absolute Gasteiger partial charge is 0.331 e. The molecule has 2 bridgehead atoms. The second-order valence-corrected chi connectivity index (χ2v) is 10.0. The normalized spacial score (nSPS) is 19.4. The number of amides is 2. The molecule has 2 aliphatic rings.